The lowest BCUT2D eigenvalue weighted by molar-refractivity contribution is -0.135. The van der Waals surface area contributed by atoms with Gasteiger partial charge in [-0.15, -0.1) is 0 Å². The van der Waals surface area contributed by atoms with Gasteiger partial charge < -0.3 is 9.47 Å². The van der Waals surface area contributed by atoms with Gasteiger partial charge >= 0.3 is 5.97 Å². The molecule has 0 fully saturated rings. The lowest BCUT2D eigenvalue weighted by atomic mass is 9.98. The van der Waals surface area contributed by atoms with Crippen LogP contribution in [0.4, 0.5) is 0 Å². The standard InChI is InChI=1S/C23H19NO3S2/c1-14(16-3-4-18-12-20(26-2)10-7-17(18)11-16)23(25)27-19-8-5-15(6-9-19)22-24-21(28)13-29-22/h3-12,14H,13H2,1-2H3/t14-/m0/s1. The largest absolute Gasteiger partial charge is 0.497 e. The molecule has 29 heavy (non-hydrogen) atoms. The molecule has 1 aliphatic heterocycles. The third kappa shape index (κ3) is 4.33. The Kier molecular flexibility index (Phi) is 5.65. The highest BCUT2D eigenvalue weighted by molar-refractivity contribution is 8.16. The zero-order valence-corrected chi connectivity index (χ0v) is 17.7. The smallest absolute Gasteiger partial charge is 0.318 e. The van der Waals surface area contributed by atoms with Crippen molar-refractivity contribution >= 4 is 50.8 Å². The van der Waals surface area contributed by atoms with Gasteiger partial charge in [0.2, 0.25) is 0 Å². The maximum atomic E-state index is 12.6. The van der Waals surface area contributed by atoms with E-state index in [1.54, 1.807) is 31.0 Å². The Bertz CT molecular complexity index is 1120. The highest BCUT2D eigenvalue weighted by atomic mass is 32.2. The van der Waals surface area contributed by atoms with Gasteiger partial charge in [0, 0.05) is 5.56 Å². The topological polar surface area (TPSA) is 47.9 Å². The van der Waals surface area contributed by atoms with Crippen LogP contribution in [0, 0.1) is 0 Å². The van der Waals surface area contributed by atoms with E-state index in [-0.39, 0.29) is 11.9 Å². The summed E-state index contributed by atoms with van der Waals surface area (Å²) in [5.74, 6) is 1.40. The monoisotopic (exact) mass is 421 g/mol. The summed E-state index contributed by atoms with van der Waals surface area (Å²) < 4.78 is 10.8. The molecule has 0 N–H and O–H groups in total. The molecule has 3 aromatic carbocycles. The Morgan fingerprint density at radius 3 is 2.41 bits per heavy atom. The second-order valence-electron chi connectivity index (χ2n) is 6.74. The van der Waals surface area contributed by atoms with E-state index in [9.17, 15) is 4.79 Å². The molecule has 0 spiro atoms. The van der Waals surface area contributed by atoms with Crippen molar-refractivity contribution in [1.82, 2.24) is 0 Å². The normalized spacial score (nSPS) is 14.6. The van der Waals surface area contributed by atoms with Gasteiger partial charge in [-0.1, -0.05) is 48.2 Å². The van der Waals surface area contributed by atoms with Gasteiger partial charge in [0.1, 0.15) is 21.5 Å². The minimum atomic E-state index is -0.381. The van der Waals surface area contributed by atoms with Crippen LogP contribution in [0.1, 0.15) is 24.0 Å². The van der Waals surface area contributed by atoms with Crippen molar-refractivity contribution in [3.63, 3.8) is 0 Å². The van der Waals surface area contributed by atoms with E-state index < -0.39 is 0 Å². The Balaban J connectivity index is 1.47. The fourth-order valence-corrected chi connectivity index (χ4v) is 4.23. The molecule has 0 bridgehead atoms. The van der Waals surface area contributed by atoms with Crippen molar-refractivity contribution in [2.75, 3.05) is 12.9 Å². The van der Waals surface area contributed by atoms with Gasteiger partial charge in [0.15, 0.2) is 0 Å². The predicted octanol–water partition coefficient (Wildman–Crippen LogP) is 5.38. The fraction of sp³-hybridized carbons (Fsp3) is 0.174. The minimum Gasteiger partial charge on any atom is -0.497 e. The highest BCUT2D eigenvalue weighted by Gasteiger charge is 2.19. The van der Waals surface area contributed by atoms with Crippen LogP contribution in [-0.4, -0.2) is 28.9 Å². The molecular formula is C23H19NO3S2. The number of hydrogen-bond acceptors (Lipinski definition) is 5. The van der Waals surface area contributed by atoms with Crippen molar-refractivity contribution in [2.24, 2.45) is 4.99 Å². The van der Waals surface area contributed by atoms with Crippen LogP contribution >= 0.6 is 24.0 Å². The molecule has 6 heteroatoms. The lowest BCUT2D eigenvalue weighted by Gasteiger charge is -2.13. The summed E-state index contributed by atoms with van der Waals surface area (Å²) in [4.78, 5) is 17.7. The third-order valence-corrected chi connectivity index (χ3v) is 6.24. The zero-order chi connectivity index (χ0) is 20.4. The molecule has 0 saturated carbocycles. The van der Waals surface area contributed by atoms with E-state index in [1.165, 1.54) is 0 Å². The van der Waals surface area contributed by atoms with Gasteiger partial charge in [-0.05, 0) is 59.7 Å². The molecule has 3 aromatic rings. The molecule has 0 unspecified atom stereocenters. The van der Waals surface area contributed by atoms with Crippen LogP contribution in [0.5, 0.6) is 11.5 Å². The number of thioether (sulfide) groups is 1. The van der Waals surface area contributed by atoms with Gasteiger partial charge in [-0.2, -0.15) is 0 Å². The molecule has 0 radical (unpaired) electrons. The van der Waals surface area contributed by atoms with Crippen molar-refractivity contribution in [3.8, 4) is 11.5 Å². The molecule has 4 rings (SSSR count). The lowest BCUT2D eigenvalue weighted by Crippen LogP contribution is -2.16. The van der Waals surface area contributed by atoms with Crippen LogP contribution < -0.4 is 9.47 Å². The number of esters is 1. The number of nitrogens with zero attached hydrogens (tertiary/aromatic N) is 1. The number of fused-ring (bicyclic) bond motifs is 1. The third-order valence-electron chi connectivity index (χ3n) is 4.80. The number of benzene rings is 3. The molecule has 1 heterocycles. The summed E-state index contributed by atoms with van der Waals surface area (Å²) in [5, 5.41) is 3.03. The van der Waals surface area contributed by atoms with E-state index in [0.717, 1.165) is 38.4 Å². The predicted molar refractivity (Wildman–Crippen MR) is 123 cm³/mol. The Morgan fingerprint density at radius 1 is 1.03 bits per heavy atom. The second kappa shape index (κ2) is 8.35. The van der Waals surface area contributed by atoms with E-state index in [2.05, 4.69) is 4.99 Å². The molecule has 0 aliphatic carbocycles. The molecular weight excluding hydrogens is 402 g/mol. The fourth-order valence-electron chi connectivity index (χ4n) is 3.10. The first kappa shape index (κ1) is 19.6. The molecule has 1 atom stereocenters. The minimum absolute atomic E-state index is 0.292. The maximum absolute atomic E-state index is 12.6. The zero-order valence-electron chi connectivity index (χ0n) is 16.0. The van der Waals surface area contributed by atoms with Crippen LogP contribution in [0.25, 0.3) is 10.8 Å². The molecule has 146 valence electrons. The summed E-state index contributed by atoms with van der Waals surface area (Å²) in [7, 11) is 1.65. The Labute approximate surface area is 178 Å². The van der Waals surface area contributed by atoms with Gasteiger partial charge in [0.25, 0.3) is 0 Å². The van der Waals surface area contributed by atoms with E-state index in [1.807, 2.05) is 55.5 Å². The number of aliphatic imine (C=N–C) groups is 1. The van der Waals surface area contributed by atoms with Crippen molar-refractivity contribution < 1.29 is 14.3 Å². The first-order valence-electron chi connectivity index (χ1n) is 9.17. The first-order chi connectivity index (χ1) is 14.0. The quantitative estimate of drug-likeness (QED) is 0.315. The molecule has 1 aliphatic rings. The average molecular weight is 422 g/mol. The number of hydrogen-bond donors (Lipinski definition) is 0. The summed E-state index contributed by atoms with van der Waals surface area (Å²) in [6.07, 6.45) is 0. The van der Waals surface area contributed by atoms with Crippen LogP contribution in [0.15, 0.2) is 65.7 Å². The Hall–Kier alpha value is -2.70. The van der Waals surface area contributed by atoms with Gasteiger partial charge in [0.05, 0.1) is 18.8 Å². The number of thiocarbonyl (C=S) groups is 1. The number of carbonyl (C=O) groups is 1. The maximum Gasteiger partial charge on any atom is 0.318 e. The average Bonchev–Trinajstić information content (AvgIpc) is 3.19. The van der Waals surface area contributed by atoms with E-state index in [4.69, 9.17) is 21.7 Å². The summed E-state index contributed by atoms with van der Waals surface area (Å²) in [6, 6.07) is 19.2. The highest BCUT2D eigenvalue weighted by Crippen LogP contribution is 2.27. The summed E-state index contributed by atoms with van der Waals surface area (Å²) >= 11 is 6.73. The van der Waals surface area contributed by atoms with E-state index >= 15 is 0 Å². The number of methoxy groups -OCH3 is 1. The van der Waals surface area contributed by atoms with Crippen LogP contribution in [-0.2, 0) is 4.79 Å². The Morgan fingerprint density at radius 2 is 1.72 bits per heavy atom. The molecule has 0 amide bonds. The first-order valence-corrected chi connectivity index (χ1v) is 10.6. The summed E-state index contributed by atoms with van der Waals surface area (Å²) in [5.41, 5.74) is 1.89. The molecule has 0 aromatic heterocycles. The summed E-state index contributed by atoms with van der Waals surface area (Å²) in [6.45, 7) is 1.85. The van der Waals surface area contributed by atoms with Crippen molar-refractivity contribution in [3.05, 3.63) is 71.8 Å². The van der Waals surface area contributed by atoms with Gasteiger partial charge in [-0.3, -0.25) is 4.79 Å². The van der Waals surface area contributed by atoms with E-state index in [0.29, 0.717) is 10.7 Å². The van der Waals surface area contributed by atoms with Crippen LogP contribution in [0.2, 0.25) is 0 Å². The van der Waals surface area contributed by atoms with Crippen molar-refractivity contribution in [2.45, 2.75) is 12.8 Å². The second-order valence-corrected chi connectivity index (χ2v) is 8.17. The number of ether oxygens (including phenoxy) is 2. The van der Waals surface area contributed by atoms with Crippen LogP contribution in [0.3, 0.4) is 0 Å². The molecule has 0 saturated heterocycles. The van der Waals surface area contributed by atoms with Crippen molar-refractivity contribution in [1.29, 1.82) is 0 Å². The SMILES string of the molecule is COc1ccc2cc([C@H](C)C(=O)Oc3ccc(C4=NC(=S)CS4)cc3)ccc2c1. The number of rotatable bonds is 5. The molecule has 4 nitrogen and oxygen atoms in total. The number of carbonyl (C=O) groups excluding carboxylic acids is 1. The van der Waals surface area contributed by atoms with Gasteiger partial charge in [-0.25, -0.2) is 4.99 Å².